The van der Waals surface area contributed by atoms with E-state index >= 15 is 0 Å². The molecule has 3 N–H and O–H groups in total. The number of hydrogen-bond donors (Lipinski definition) is 2. The molecular formula is C16H18F2IN3. The molecule has 0 saturated carbocycles. The SMILES string of the molecule is Cc1ccc(NC(N)=NCCc2c(F)cccc2F)cc1.I. The number of benzene rings is 2. The first-order chi connectivity index (χ1) is 10.1. The lowest BCUT2D eigenvalue weighted by Gasteiger charge is -2.06. The first kappa shape index (κ1) is 18.3. The first-order valence-electron chi connectivity index (χ1n) is 6.63. The third-order valence-electron chi connectivity index (χ3n) is 3.03. The van der Waals surface area contributed by atoms with Crippen molar-refractivity contribution in [2.75, 3.05) is 11.9 Å². The van der Waals surface area contributed by atoms with Gasteiger partial charge in [0.1, 0.15) is 11.6 Å². The lowest BCUT2D eigenvalue weighted by Crippen LogP contribution is -2.23. The second-order valence-electron chi connectivity index (χ2n) is 4.71. The molecule has 2 aromatic rings. The minimum Gasteiger partial charge on any atom is -0.370 e. The summed E-state index contributed by atoms with van der Waals surface area (Å²) in [5.41, 5.74) is 7.73. The summed E-state index contributed by atoms with van der Waals surface area (Å²) in [5.74, 6) is -0.902. The molecule has 0 atom stereocenters. The second-order valence-corrected chi connectivity index (χ2v) is 4.71. The highest BCUT2D eigenvalue weighted by atomic mass is 127. The molecule has 0 unspecified atom stereocenters. The summed E-state index contributed by atoms with van der Waals surface area (Å²) in [5, 5.41) is 2.92. The number of nitrogens with two attached hydrogens (primary N) is 1. The van der Waals surface area contributed by atoms with E-state index < -0.39 is 11.6 Å². The average Bonchev–Trinajstić information content (AvgIpc) is 2.45. The predicted octanol–water partition coefficient (Wildman–Crippen LogP) is 3.86. The number of hydrogen-bond acceptors (Lipinski definition) is 1. The van der Waals surface area contributed by atoms with Crippen LogP contribution in [-0.4, -0.2) is 12.5 Å². The Labute approximate surface area is 145 Å². The van der Waals surface area contributed by atoms with Crippen molar-refractivity contribution >= 4 is 35.6 Å². The van der Waals surface area contributed by atoms with Crippen LogP contribution in [0.5, 0.6) is 0 Å². The van der Waals surface area contributed by atoms with Gasteiger partial charge in [-0.3, -0.25) is 4.99 Å². The molecule has 0 aliphatic carbocycles. The van der Waals surface area contributed by atoms with Crippen molar-refractivity contribution in [3.8, 4) is 0 Å². The number of aliphatic imine (C=N–C) groups is 1. The number of aryl methyl sites for hydroxylation is 1. The molecule has 0 bridgehead atoms. The summed E-state index contributed by atoms with van der Waals surface area (Å²) < 4.78 is 26.8. The summed E-state index contributed by atoms with van der Waals surface area (Å²) in [4.78, 5) is 4.07. The van der Waals surface area contributed by atoms with E-state index in [1.807, 2.05) is 31.2 Å². The molecule has 0 saturated heterocycles. The van der Waals surface area contributed by atoms with Gasteiger partial charge in [0.25, 0.3) is 0 Å². The van der Waals surface area contributed by atoms with Crippen LogP contribution in [0, 0.1) is 18.6 Å². The zero-order chi connectivity index (χ0) is 15.2. The van der Waals surface area contributed by atoms with Crippen LogP contribution in [0.3, 0.4) is 0 Å². The topological polar surface area (TPSA) is 50.4 Å². The lowest BCUT2D eigenvalue weighted by molar-refractivity contribution is 0.556. The van der Waals surface area contributed by atoms with Crippen LogP contribution in [0.1, 0.15) is 11.1 Å². The molecule has 0 aliphatic rings. The van der Waals surface area contributed by atoms with Gasteiger partial charge in [-0.25, -0.2) is 8.78 Å². The van der Waals surface area contributed by atoms with Crippen molar-refractivity contribution < 1.29 is 8.78 Å². The zero-order valence-corrected chi connectivity index (χ0v) is 14.5. The van der Waals surface area contributed by atoms with Crippen molar-refractivity contribution in [1.29, 1.82) is 0 Å². The monoisotopic (exact) mass is 417 g/mol. The van der Waals surface area contributed by atoms with E-state index in [0.717, 1.165) is 11.3 Å². The van der Waals surface area contributed by atoms with Crippen LogP contribution in [-0.2, 0) is 6.42 Å². The van der Waals surface area contributed by atoms with Gasteiger partial charge in [0.05, 0.1) is 0 Å². The summed E-state index contributed by atoms with van der Waals surface area (Å²) in [6.45, 7) is 2.20. The molecule has 0 radical (unpaired) electrons. The molecule has 0 spiro atoms. The standard InChI is InChI=1S/C16H17F2N3.HI/c1-11-5-7-12(8-6-11)21-16(19)20-10-9-13-14(17)3-2-4-15(13)18;/h2-8H,9-10H2,1H3,(H3,19,20,21);1H. The van der Waals surface area contributed by atoms with Crippen LogP contribution in [0.25, 0.3) is 0 Å². The molecule has 0 fully saturated rings. The van der Waals surface area contributed by atoms with E-state index in [9.17, 15) is 8.78 Å². The molecule has 0 aromatic heterocycles. The molecular weight excluding hydrogens is 399 g/mol. The van der Waals surface area contributed by atoms with E-state index in [0.29, 0.717) is 0 Å². The van der Waals surface area contributed by atoms with Gasteiger partial charge in [0, 0.05) is 17.8 Å². The molecule has 2 aromatic carbocycles. The Morgan fingerprint density at radius 1 is 1.09 bits per heavy atom. The average molecular weight is 417 g/mol. The van der Waals surface area contributed by atoms with Crippen LogP contribution < -0.4 is 11.1 Å². The Hall–Kier alpha value is -1.70. The summed E-state index contributed by atoms with van der Waals surface area (Å²) in [6, 6.07) is 11.5. The predicted molar refractivity (Wildman–Crippen MR) is 96.8 cm³/mol. The Kier molecular flexibility index (Phi) is 7.23. The van der Waals surface area contributed by atoms with Gasteiger partial charge in [-0.2, -0.15) is 0 Å². The number of guanidine groups is 1. The lowest BCUT2D eigenvalue weighted by atomic mass is 10.1. The Balaban J connectivity index is 0.00000242. The van der Waals surface area contributed by atoms with Crippen molar-refractivity contribution in [3.63, 3.8) is 0 Å². The minimum absolute atomic E-state index is 0. The fourth-order valence-electron chi connectivity index (χ4n) is 1.88. The van der Waals surface area contributed by atoms with Crippen LogP contribution in [0.4, 0.5) is 14.5 Å². The van der Waals surface area contributed by atoms with Gasteiger partial charge in [0.2, 0.25) is 0 Å². The number of halogens is 3. The number of rotatable bonds is 4. The molecule has 118 valence electrons. The van der Waals surface area contributed by atoms with Crippen LogP contribution in [0.2, 0.25) is 0 Å². The highest BCUT2D eigenvalue weighted by molar-refractivity contribution is 14.0. The third-order valence-corrected chi connectivity index (χ3v) is 3.03. The molecule has 0 aliphatic heterocycles. The first-order valence-corrected chi connectivity index (χ1v) is 6.63. The fourth-order valence-corrected chi connectivity index (χ4v) is 1.88. The number of anilines is 1. The quantitative estimate of drug-likeness (QED) is 0.451. The fraction of sp³-hybridized carbons (Fsp3) is 0.188. The maximum absolute atomic E-state index is 13.4. The van der Waals surface area contributed by atoms with Crippen molar-refractivity contribution in [3.05, 3.63) is 65.2 Å². The van der Waals surface area contributed by atoms with E-state index in [-0.39, 0.29) is 48.5 Å². The van der Waals surface area contributed by atoms with Gasteiger partial charge in [-0.15, -0.1) is 24.0 Å². The van der Waals surface area contributed by atoms with Crippen LogP contribution in [0.15, 0.2) is 47.5 Å². The third kappa shape index (κ3) is 5.25. The largest absolute Gasteiger partial charge is 0.370 e. The summed E-state index contributed by atoms with van der Waals surface area (Å²) >= 11 is 0. The molecule has 2 rings (SSSR count). The zero-order valence-electron chi connectivity index (χ0n) is 12.1. The van der Waals surface area contributed by atoms with Gasteiger partial charge in [0.15, 0.2) is 5.96 Å². The highest BCUT2D eigenvalue weighted by Crippen LogP contribution is 2.12. The Morgan fingerprint density at radius 2 is 1.68 bits per heavy atom. The van der Waals surface area contributed by atoms with Gasteiger partial charge in [-0.1, -0.05) is 23.8 Å². The normalized spacial score (nSPS) is 11.0. The maximum Gasteiger partial charge on any atom is 0.193 e. The number of nitrogens with one attached hydrogen (secondary N) is 1. The molecule has 6 heteroatoms. The van der Waals surface area contributed by atoms with E-state index in [1.54, 1.807) is 0 Å². The van der Waals surface area contributed by atoms with E-state index in [4.69, 9.17) is 5.73 Å². The molecule has 3 nitrogen and oxygen atoms in total. The second kappa shape index (κ2) is 8.67. The minimum atomic E-state index is -0.560. The van der Waals surface area contributed by atoms with Gasteiger partial charge >= 0.3 is 0 Å². The van der Waals surface area contributed by atoms with Gasteiger partial charge < -0.3 is 11.1 Å². The van der Waals surface area contributed by atoms with E-state index in [1.165, 1.54) is 18.2 Å². The van der Waals surface area contributed by atoms with Crippen molar-refractivity contribution in [1.82, 2.24) is 0 Å². The molecule has 0 amide bonds. The Bertz CT molecular complexity index is 622. The van der Waals surface area contributed by atoms with E-state index in [2.05, 4.69) is 10.3 Å². The summed E-state index contributed by atoms with van der Waals surface area (Å²) in [7, 11) is 0. The molecule has 22 heavy (non-hydrogen) atoms. The smallest absolute Gasteiger partial charge is 0.193 e. The van der Waals surface area contributed by atoms with Crippen molar-refractivity contribution in [2.24, 2.45) is 10.7 Å². The van der Waals surface area contributed by atoms with Crippen molar-refractivity contribution in [2.45, 2.75) is 13.3 Å². The number of nitrogens with zero attached hydrogens (tertiary/aromatic N) is 1. The Morgan fingerprint density at radius 3 is 2.27 bits per heavy atom. The molecule has 0 heterocycles. The summed E-state index contributed by atoms with van der Waals surface area (Å²) in [6.07, 6.45) is 0.161. The van der Waals surface area contributed by atoms with Gasteiger partial charge in [-0.05, 0) is 37.6 Å². The van der Waals surface area contributed by atoms with Crippen LogP contribution >= 0.6 is 24.0 Å². The maximum atomic E-state index is 13.4. The highest BCUT2D eigenvalue weighted by Gasteiger charge is 2.07.